The van der Waals surface area contributed by atoms with Crippen molar-refractivity contribution in [3.8, 4) is 0 Å². The Morgan fingerprint density at radius 3 is 2.70 bits per heavy atom. The standard InChI is InChI=1S/C25H32N4O4/c1-24(2,3)33-23(31)28-11-12-29-20(15-28)13-19(26-29)14-25-9-10-27(17-22(25)32-25)16-21(30)18-7-5-4-6-8-18/h4-8,13,22H,9-12,14-17H2,1-3H3. The summed E-state index contributed by atoms with van der Waals surface area (Å²) in [7, 11) is 0. The number of rotatable bonds is 5. The maximum atomic E-state index is 12.5. The first-order valence-corrected chi connectivity index (χ1v) is 11.7. The maximum Gasteiger partial charge on any atom is 0.410 e. The summed E-state index contributed by atoms with van der Waals surface area (Å²) in [6, 6.07) is 11.6. The molecule has 3 aliphatic rings. The molecule has 33 heavy (non-hydrogen) atoms. The Kier molecular flexibility index (Phi) is 5.53. The zero-order valence-electron chi connectivity index (χ0n) is 19.6. The van der Waals surface area contributed by atoms with E-state index in [2.05, 4.69) is 11.0 Å². The van der Waals surface area contributed by atoms with E-state index in [1.165, 1.54) is 0 Å². The largest absolute Gasteiger partial charge is 0.444 e. The molecule has 3 aliphatic heterocycles. The molecule has 0 saturated carbocycles. The molecule has 4 heterocycles. The van der Waals surface area contributed by atoms with Gasteiger partial charge in [-0.15, -0.1) is 0 Å². The Labute approximate surface area is 194 Å². The third-order valence-electron chi connectivity index (χ3n) is 6.63. The van der Waals surface area contributed by atoms with Gasteiger partial charge in [0.2, 0.25) is 0 Å². The van der Waals surface area contributed by atoms with Crippen LogP contribution in [0, 0.1) is 0 Å². The smallest absolute Gasteiger partial charge is 0.410 e. The maximum absolute atomic E-state index is 12.5. The number of benzene rings is 1. The van der Waals surface area contributed by atoms with E-state index < -0.39 is 5.60 Å². The van der Waals surface area contributed by atoms with Gasteiger partial charge in [0.15, 0.2) is 5.78 Å². The number of aromatic nitrogens is 2. The lowest BCUT2D eigenvalue weighted by Gasteiger charge is -2.30. The van der Waals surface area contributed by atoms with Crippen LogP contribution in [0.15, 0.2) is 36.4 Å². The van der Waals surface area contributed by atoms with Crippen molar-refractivity contribution in [3.05, 3.63) is 53.3 Å². The van der Waals surface area contributed by atoms with Crippen molar-refractivity contribution in [1.29, 1.82) is 0 Å². The lowest BCUT2D eigenvalue weighted by molar-refractivity contribution is 0.0194. The van der Waals surface area contributed by atoms with Crippen LogP contribution in [0.1, 0.15) is 48.9 Å². The lowest BCUT2D eigenvalue weighted by Crippen LogP contribution is -2.42. The van der Waals surface area contributed by atoms with Crippen molar-refractivity contribution in [3.63, 3.8) is 0 Å². The number of hydrogen-bond donors (Lipinski definition) is 0. The van der Waals surface area contributed by atoms with Crippen LogP contribution >= 0.6 is 0 Å². The molecule has 176 valence electrons. The average Bonchev–Trinajstić information content (AvgIpc) is 3.32. The van der Waals surface area contributed by atoms with Crippen LogP contribution in [0.4, 0.5) is 4.79 Å². The number of piperidine rings is 1. The molecule has 8 nitrogen and oxygen atoms in total. The zero-order chi connectivity index (χ0) is 23.2. The Morgan fingerprint density at radius 1 is 1.18 bits per heavy atom. The summed E-state index contributed by atoms with van der Waals surface area (Å²) in [5.41, 5.74) is 2.13. The van der Waals surface area contributed by atoms with Crippen molar-refractivity contribution < 1.29 is 19.1 Å². The first-order chi connectivity index (χ1) is 15.7. The molecule has 1 aromatic heterocycles. The summed E-state index contributed by atoms with van der Waals surface area (Å²) in [5, 5.41) is 4.78. The van der Waals surface area contributed by atoms with Crippen LogP contribution in [0.3, 0.4) is 0 Å². The Morgan fingerprint density at radius 2 is 1.97 bits per heavy atom. The van der Waals surface area contributed by atoms with E-state index in [0.29, 0.717) is 26.2 Å². The third kappa shape index (κ3) is 4.82. The summed E-state index contributed by atoms with van der Waals surface area (Å²) >= 11 is 0. The minimum atomic E-state index is -0.502. The number of nitrogens with zero attached hydrogens (tertiary/aromatic N) is 4. The van der Waals surface area contributed by atoms with Crippen molar-refractivity contribution in [2.75, 3.05) is 26.2 Å². The zero-order valence-corrected chi connectivity index (χ0v) is 19.6. The molecule has 0 spiro atoms. The highest BCUT2D eigenvalue weighted by Crippen LogP contribution is 2.46. The number of amides is 1. The van der Waals surface area contributed by atoms with Gasteiger partial charge in [0.25, 0.3) is 0 Å². The number of epoxide rings is 1. The molecule has 0 bridgehead atoms. The van der Waals surface area contributed by atoms with Crippen LogP contribution < -0.4 is 0 Å². The fraction of sp³-hybridized carbons (Fsp3) is 0.560. The number of Topliss-reactive ketones (excluding diaryl/α,β-unsaturated/α-hetero) is 1. The van der Waals surface area contributed by atoms with E-state index >= 15 is 0 Å². The highest BCUT2D eigenvalue weighted by atomic mass is 16.6. The monoisotopic (exact) mass is 452 g/mol. The van der Waals surface area contributed by atoms with E-state index in [1.54, 1.807) is 4.90 Å². The Hall–Kier alpha value is -2.71. The molecule has 1 aromatic carbocycles. The van der Waals surface area contributed by atoms with Gasteiger partial charge in [-0.2, -0.15) is 5.10 Å². The summed E-state index contributed by atoms with van der Waals surface area (Å²) in [6.07, 6.45) is 1.53. The number of fused-ring (bicyclic) bond motifs is 2. The summed E-state index contributed by atoms with van der Waals surface area (Å²) in [5.74, 6) is 0.153. The first-order valence-electron chi connectivity index (χ1n) is 11.7. The number of ether oxygens (including phenoxy) is 2. The molecule has 0 aliphatic carbocycles. The van der Waals surface area contributed by atoms with Gasteiger partial charge in [-0.1, -0.05) is 30.3 Å². The van der Waals surface area contributed by atoms with E-state index in [9.17, 15) is 9.59 Å². The fourth-order valence-corrected chi connectivity index (χ4v) is 4.85. The van der Waals surface area contributed by atoms with E-state index in [4.69, 9.17) is 14.6 Å². The molecular formula is C25H32N4O4. The van der Waals surface area contributed by atoms with Crippen molar-refractivity contribution in [2.45, 2.75) is 64.0 Å². The van der Waals surface area contributed by atoms with Crippen LogP contribution in [0.25, 0.3) is 0 Å². The topological polar surface area (TPSA) is 80.2 Å². The van der Waals surface area contributed by atoms with E-state index in [1.807, 2.05) is 55.8 Å². The number of carbonyl (C=O) groups is 2. The summed E-state index contributed by atoms with van der Waals surface area (Å²) < 4.78 is 13.7. The molecule has 1 amide bonds. The molecule has 0 N–H and O–H groups in total. The van der Waals surface area contributed by atoms with Gasteiger partial charge in [0.1, 0.15) is 17.3 Å². The van der Waals surface area contributed by atoms with Gasteiger partial charge >= 0.3 is 6.09 Å². The molecule has 2 unspecified atom stereocenters. The van der Waals surface area contributed by atoms with Crippen LogP contribution in [-0.4, -0.2) is 74.9 Å². The van der Waals surface area contributed by atoms with Gasteiger partial charge in [-0.25, -0.2) is 4.79 Å². The highest BCUT2D eigenvalue weighted by Gasteiger charge is 2.59. The second-order valence-corrected chi connectivity index (χ2v) is 10.4. The van der Waals surface area contributed by atoms with Gasteiger partial charge < -0.3 is 14.4 Å². The SMILES string of the molecule is CC(C)(C)OC(=O)N1CCn2nc(CC34CCN(CC(=O)c5ccccc5)CC3O4)cc2C1. The van der Waals surface area contributed by atoms with Gasteiger partial charge in [0.05, 0.1) is 31.0 Å². The molecule has 2 aromatic rings. The van der Waals surface area contributed by atoms with Gasteiger partial charge in [-0.3, -0.25) is 14.4 Å². The molecular weight excluding hydrogens is 420 g/mol. The third-order valence-corrected chi connectivity index (χ3v) is 6.63. The normalized spacial score (nSPS) is 24.7. The summed E-state index contributed by atoms with van der Waals surface area (Å²) in [4.78, 5) is 28.9. The van der Waals surface area contributed by atoms with Gasteiger partial charge in [0, 0.05) is 31.6 Å². The quantitative estimate of drug-likeness (QED) is 0.513. The lowest BCUT2D eigenvalue weighted by atomic mass is 9.91. The number of likely N-dealkylation sites (tertiary alicyclic amines) is 1. The average molecular weight is 453 g/mol. The van der Waals surface area contributed by atoms with Crippen molar-refractivity contribution >= 4 is 11.9 Å². The van der Waals surface area contributed by atoms with E-state index in [0.717, 1.165) is 42.9 Å². The molecule has 2 saturated heterocycles. The minimum absolute atomic E-state index is 0.145. The van der Waals surface area contributed by atoms with Crippen LogP contribution in [-0.2, 0) is 29.0 Å². The fourth-order valence-electron chi connectivity index (χ4n) is 4.85. The Balaban J connectivity index is 1.16. The predicted molar refractivity (Wildman–Crippen MR) is 122 cm³/mol. The van der Waals surface area contributed by atoms with Crippen LogP contribution in [0.5, 0.6) is 0 Å². The second kappa shape index (κ2) is 8.25. The molecule has 2 fully saturated rings. The second-order valence-electron chi connectivity index (χ2n) is 10.4. The van der Waals surface area contributed by atoms with Crippen molar-refractivity contribution in [2.24, 2.45) is 0 Å². The Bertz CT molecular complexity index is 1040. The molecule has 8 heteroatoms. The molecule has 5 rings (SSSR count). The predicted octanol–water partition coefficient (Wildman–Crippen LogP) is 2.90. The number of ketones is 1. The van der Waals surface area contributed by atoms with Crippen LogP contribution in [0.2, 0.25) is 0 Å². The van der Waals surface area contributed by atoms with Gasteiger partial charge in [-0.05, 0) is 33.3 Å². The number of hydrogen-bond acceptors (Lipinski definition) is 6. The highest BCUT2D eigenvalue weighted by molar-refractivity contribution is 5.97. The molecule has 2 atom stereocenters. The summed E-state index contributed by atoms with van der Waals surface area (Å²) in [6.45, 7) is 9.46. The number of carbonyl (C=O) groups excluding carboxylic acids is 2. The van der Waals surface area contributed by atoms with E-state index in [-0.39, 0.29) is 23.6 Å². The van der Waals surface area contributed by atoms with Crippen molar-refractivity contribution in [1.82, 2.24) is 19.6 Å². The molecule has 0 radical (unpaired) electrons. The minimum Gasteiger partial charge on any atom is -0.444 e. The first kappa shape index (κ1) is 22.1.